The number of hydrogen-bond donors (Lipinski definition) is 1. The summed E-state index contributed by atoms with van der Waals surface area (Å²) >= 11 is 0. The molecule has 37 heavy (non-hydrogen) atoms. The van der Waals surface area contributed by atoms with Crippen molar-refractivity contribution >= 4 is 10.9 Å². The quantitative estimate of drug-likeness (QED) is 0.352. The molecule has 7 heteroatoms. The third kappa shape index (κ3) is 4.92. The maximum Gasteiger partial charge on any atom is 0.316 e. The highest BCUT2D eigenvalue weighted by atomic mass is 16.5. The summed E-state index contributed by atoms with van der Waals surface area (Å²) in [4.78, 5) is 27.7. The van der Waals surface area contributed by atoms with Crippen molar-refractivity contribution in [3.63, 3.8) is 0 Å². The summed E-state index contributed by atoms with van der Waals surface area (Å²) in [6, 6.07) is 9.17. The van der Waals surface area contributed by atoms with Gasteiger partial charge in [0.25, 0.3) is 5.56 Å². The Hall–Kier alpha value is -3.45. The van der Waals surface area contributed by atoms with Crippen LogP contribution in [0.4, 0.5) is 0 Å². The number of fused-ring (bicyclic) bond motifs is 1. The van der Waals surface area contributed by atoms with Crippen molar-refractivity contribution in [3.05, 3.63) is 64.3 Å². The van der Waals surface area contributed by atoms with E-state index in [1.54, 1.807) is 24.0 Å². The van der Waals surface area contributed by atoms with Crippen molar-refractivity contribution in [2.45, 2.75) is 51.9 Å². The van der Waals surface area contributed by atoms with Gasteiger partial charge in [0.15, 0.2) is 0 Å². The Kier molecular flexibility index (Phi) is 7.15. The number of pyridine rings is 1. The molecule has 0 radical (unpaired) electrons. The van der Waals surface area contributed by atoms with Crippen molar-refractivity contribution in [2.75, 3.05) is 26.7 Å². The monoisotopic (exact) mass is 499 g/mol. The average Bonchev–Trinajstić information content (AvgIpc) is 3.30. The normalized spacial score (nSPS) is 15.1. The van der Waals surface area contributed by atoms with E-state index in [-0.39, 0.29) is 11.6 Å². The fourth-order valence-corrected chi connectivity index (χ4v) is 5.73. The third-order valence-electron chi connectivity index (χ3n) is 7.63. The zero-order valence-electron chi connectivity index (χ0n) is 22.5. The van der Waals surface area contributed by atoms with Crippen LogP contribution >= 0.6 is 0 Å². The molecular formula is C30H37N5O2. The molecule has 0 unspecified atom stereocenters. The first-order chi connectivity index (χ1) is 17.9. The minimum absolute atomic E-state index is 0.0866. The van der Waals surface area contributed by atoms with E-state index < -0.39 is 0 Å². The molecule has 0 aliphatic carbocycles. The van der Waals surface area contributed by atoms with E-state index in [2.05, 4.69) is 58.8 Å². The van der Waals surface area contributed by atoms with Gasteiger partial charge >= 0.3 is 6.01 Å². The number of hydrogen-bond acceptors (Lipinski definition) is 5. The molecule has 1 aromatic carbocycles. The molecular weight excluding hydrogens is 462 g/mol. The van der Waals surface area contributed by atoms with Gasteiger partial charge in [0.1, 0.15) is 0 Å². The molecule has 1 fully saturated rings. The number of piperidine rings is 1. The fraction of sp³-hybridized carbons (Fsp3) is 0.433. The summed E-state index contributed by atoms with van der Waals surface area (Å²) in [5.74, 6) is 0.922. The van der Waals surface area contributed by atoms with Gasteiger partial charge in [-0.15, -0.1) is 0 Å². The standard InChI is InChI=1S/C30H37N5O2/c1-6-11-35-12-9-20(10-13-35)21-7-8-26-25(14-21)27(19(2)3)28(33-26)22-15-24(29(36)34(4)18-22)23-16-31-30(37-5)32-17-23/h7-8,14-20,33H,6,9-13H2,1-5H3. The summed E-state index contributed by atoms with van der Waals surface area (Å²) < 4.78 is 6.72. The number of methoxy groups -OCH3 is 1. The molecule has 1 saturated heterocycles. The summed E-state index contributed by atoms with van der Waals surface area (Å²) in [6.07, 6.45) is 8.84. The number of aryl methyl sites for hydroxylation is 1. The van der Waals surface area contributed by atoms with Crippen LogP contribution in [0.15, 0.2) is 47.7 Å². The molecule has 0 spiro atoms. The molecule has 0 bridgehead atoms. The highest BCUT2D eigenvalue weighted by molar-refractivity contribution is 5.92. The van der Waals surface area contributed by atoms with Crippen molar-refractivity contribution in [1.29, 1.82) is 0 Å². The topological polar surface area (TPSA) is 76.0 Å². The van der Waals surface area contributed by atoms with Crippen molar-refractivity contribution in [1.82, 2.24) is 24.4 Å². The molecule has 1 N–H and O–H groups in total. The number of nitrogens with zero attached hydrogens (tertiary/aromatic N) is 4. The van der Waals surface area contributed by atoms with Gasteiger partial charge in [-0.05, 0) is 80.1 Å². The molecule has 0 saturated carbocycles. The molecule has 4 heterocycles. The fourth-order valence-electron chi connectivity index (χ4n) is 5.73. The van der Waals surface area contributed by atoms with Gasteiger partial charge in [-0.25, -0.2) is 9.97 Å². The van der Waals surface area contributed by atoms with Gasteiger partial charge in [-0.3, -0.25) is 4.79 Å². The Balaban J connectivity index is 1.56. The first-order valence-electron chi connectivity index (χ1n) is 13.3. The lowest BCUT2D eigenvalue weighted by Gasteiger charge is -2.32. The SMILES string of the molecule is CCCN1CCC(c2ccc3[nH]c(-c4cc(-c5cnc(OC)nc5)c(=O)n(C)c4)c(C(C)C)c3c2)CC1. The molecule has 194 valence electrons. The Bertz CT molecular complexity index is 1440. The zero-order chi connectivity index (χ0) is 26.1. The second-order valence-corrected chi connectivity index (χ2v) is 10.5. The first-order valence-corrected chi connectivity index (χ1v) is 13.3. The second-order valence-electron chi connectivity index (χ2n) is 10.5. The molecule has 1 aliphatic heterocycles. The first kappa shape index (κ1) is 25.2. The van der Waals surface area contributed by atoms with Crippen molar-refractivity contribution < 1.29 is 4.74 Å². The number of ether oxygens (including phenoxy) is 1. The highest BCUT2D eigenvalue weighted by Crippen LogP contribution is 2.38. The van der Waals surface area contributed by atoms with Gasteiger partial charge in [-0.1, -0.05) is 26.8 Å². The number of benzene rings is 1. The largest absolute Gasteiger partial charge is 0.467 e. The number of H-pyrrole nitrogens is 1. The summed E-state index contributed by atoms with van der Waals surface area (Å²) in [5.41, 5.74) is 7.04. The maximum atomic E-state index is 13.0. The highest BCUT2D eigenvalue weighted by Gasteiger charge is 2.23. The average molecular weight is 500 g/mol. The molecule has 0 amide bonds. The lowest BCUT2D eigenvalue weighted by molar-refractivity contribution is 0.213. The zero-order valence-corrected chi connectivity index (χ0v) is 22.5. The van der Waals surface area contributed by atoms with E-state index in [4.69, 9.17) is 4.74 Å². The minimum Gasteiger partial charge on any atom is -0.467 e. The third-order valence-corrected chi connectivity index (χ3v) is 7.63. The van der Waals surface area contributed by atoms with Gasteiger partial charge in [0, 0.05) is 47.7 Å². The predicted octanol–water partition coefficient (Wildman–Crippen LogP) is 5.71. The lowest BCUT2D eigenvalue weighted by Crippen LogP contribution is -2.33. The number of nitrogens with one attached hydrogen (secondary N) is 1. The van der Waals surface area contributed by atoms with Crippen LogP contribution in [0.2, 0.25) is 0 Å². The van der Waals surface area contributed by atoms with E-state index in [1.807, 2.05) is 12.3 Å². The lowest BCUT2D eigenvalue weighted by atomic mass is 9.87. The van der Waals surface area contributed by atoms with Crippen LogP contribution in [0, 0.1) is 0 Å². The van der Waals surface area contributed by atoms with Crippen LogP contribution < -0.4 is 10.3 Å². The van der Waals surface area contributed by atoms with E-state index in [1.165, 1.54) is 62.5 Å². The second kappa shape index (κ2) is 10.5. The molecule has 7 nitrogen and oxygen atoms in total. The Morgan fingerprint density at radius 1 is 1.11 bits per heavy atom. The summed E-state index contributed by atoms with van der Waals surface area (Å²) in [5, 5.41) is 1.28. The smallest absolute Gasteiger partial charge is 0.316 e. The van der Waals surface area contributed by atoms with Crippen LogP contribution in [0.3, 0.4) is 0 Å². The van der Waals surface area contributed by atoms with Gasteiger partial charge in [0.2, 0.25) is 0 Å². The Morgan fingerprint density at radius 3 is 2.49 bits per heavy atom. The van der Waals surface area contributed by atoms with Gasteiger partial charge in [-0.2, -0.15) is 0 Å². The van der Waals surface area contributed by atoms with Crippen LogP contribution in [0.1, 0.15) is 63.0 Å². The number of aromatic amines is 1. The van der Waals surface area contributed by atoms with E-state index in [0.29, 0.717) is 23.0 Å². The molecule has 1 aliphatic rings. The van der Waals surface area contributed by atoms with E-state index in [0.717, 1.165) is 16.8 Å². The van der Waals surface area contributed by atoms with Crippen molar-refractivity contribution in [2.24, 2.45) is 7.05 Å². The molecule has 3 aromatic heterocycles. The van der Waals surface area contributed by atoms with Crippen LogP contribution in [0.5, 0.6) is 6.01 Å². The van der Waals surface area contributed by atoms with Gasteiger partial charge < -0.3 is 19.2 Å². The molecule has 5 rings (SSSR count). The Morgan fingerprint density at radius 2 is 1.84 bits per heavy atom. The number of likely N-dealkylation sites (tertiary alicyclic amines) is 1. The van der Waals surface area contributed by atoms with Crippen LogP contribution in [-0.4, -0.2) is 51.2 Å². The van der Waals surface area contributed by atoms with Crippen molar-refractivity contribution in [3.8, 4) is 28.4 Å². The van der Waals surface area contributed by atoms with Gasteiger partial charge in [0.05, 0.1) is 18.4 Å². The minimum atomic E-state index is -0.0866. The predicted molar refractivity (Wildman–Crippen MR) is 149 cm³/mol. The van der Waals surface area contributed by atoms with E-state index >= 15 is 0 Å². The maximum absolute atomic E-state index is 13.0. The summed E-state index contributed by atoms with van der Waals surface area (Å²) in [7, 11) is 3.32. The molecule has 0 atom stereocenters. The summed E-state index contributed by atoms with van der Waals surface area (Å²) in [6.45, 7) is 10.3. The number of rotatable bonds is 7. The van der Waals surface area contributed by atoms with Crippen LogP contribution in [-0.2, 0) is 7.05 Å². The molecule has 4 aromatic rings. The van der Waals surface area contributed by atoms with Crippen LogP contribution in [0.25, 0.3) is 33.3 Å². The number of aromatic nitrogens is 4. The Labute approximate surface area is 218 Å². The van der Waals surface area contributed by atoms with E-state index in [9.17, 15) is 4.79 Å².